The summed E-state index contributed by atoms with van der Waals surface area (Å²) in [7, 11) is 0. The molecule has 0 spiro atoms. The lowest BCUT2D eigenvalue weighted by atomic mass is 10.0. The SMILES string of the molecule is C=CCc1ccccc1CC=C.OCCO. The Balaban J connectivity index is 0.000000487. The molecule has 0 amide bonds. The van der Waals surface area contributed by atoms with E-state index in [-0.39, 0.29) is 13.2 Å². The van der Waals surface area contributed by atoms with Gasteiger partial charge in [0, 0.05) is 0 Å². The van der Waals surface area contributed by atoms with Crippen LogP contribution in [0.3, 0.4) is 0 Å². The number of allylic oxidation sites excluding steroid dienone is 2. The smallest absolute Gasteiger partial charge is 0.0662 e. The molecule has 2 nitrogen and oxygen atoms in total. The van der Waals surface area contributed by atoms with Crippen LogP contribution in [0, 0.1) is 0 Å². The van der Waals surface area contributed by atoms with E-state index in [2.05, 4.69) is 37.4 Å². The molecule has 2 heteroatoms. The summed E-state index contributed by atoms with van der Waals surface area (Å²) in [5.74, 6) is 0. The number of hydrogen-bond acceptors (Lipinski definition) is 2. The topological polar surface area (TPSA) is 40.5 Å². The third-order valence-corrected chi connectivity index (χ3v) is 1.95. The first-order valence-corrected chi connectivity index (χ1v) is 5.30. The molecule has 0 radical (unpaired) electrons. The van der Waals surface area contributed by atoms with Crippen LogP contribution >= 0.6 is 0 Å². The summed E-state index contributed by atoms with van der Waals surface area (Å²) in [6, 6.07) is 8.40. The Bertz CT molecular complexity index is 274. The van der Waals surface area contributed by atoms with Crippen molar-refractivity contribution in [3.63, 3.8) is 0 Å². The van der Waals surface area contributed by atoms with Crippen molar-refractivity contribution in [3.05, 3.63) is 60.7 Å². The predicted molar refractivity (Wildman–Crippen MR) is 68.4 cm³/mol. The number of hydrogen-bond donors (Lipinski definition) is 2. The molecule has 0 atom stereocenters. The Hall–Kier alpha value is -1.38. The summed E-state index contributed by atoms with van der Waals surface area (Å²) < 4.78 is 0. The van der Waals surface area contributed by atoms with Crippen LogP contribution in [-0.4, -0.2) is 23.4 Å². The Morgan fingerprint density at radius 1 is 0.875 bits per heavy atom. The molecule has 0 saturated carbocycles. The lowest BCUT2D eigenvalue weighted by Gasteiger charge is -2.03. The van der Waals surface area contributed by atoms with Crippen LogP contribution in [0.1, 0.15) is 11.1 Å². The summed E-state index contributed by atoms with van der Waals surface area (Å²) in [6.45, 7) is 7.21. The summed E-state index contributed by atoms with van der Waals surface area (Å²) in [6.07, 6.45) is 5.76. The first kappa shape index (κ1) is 14.6. The Morgan fingerprint density at radius 3 is 1.50 bits per heavy atom. The number of aliphatic hydroxyl groups excluding tert-OH is 2. The van der Waals surface area contributed by atoms with E-state index in [0.717, 1.165) is 12.8 Å². The van der Waals surface area contributed by atoms with Crippen molar-refractivity contribution in [1.29, 1.82) is 0 Å². The summed E-state index contributed by atoms with van der Waals surface area (Å²) in [5, 5.41) is 15.2. The van der Waals surface area contributed by atoms with Gasteiger partial charge in [-0.2, -0.15) is 0 Å². The van der Waals surface area contributed by atoms with E-state index < -0.39 is 0 Å². The molecule has 2 N–H and O–H groups in total. The quantitative estimate of drug-likeness (QED) is 0.746. The summed E-state index contributed by atoms with van der Waals surface area (Å²) in [4.78, 5) is 0. The molecule has 1 aromatic carbocycles. The van der Waals surface area contributed by atoms with Gasteiger partial charge >= 0.3 is 0 Å². The van der Waals surface area contributed by atoms with Gasteiger partial charge in [-0.1, -0.05) is 36.4 Å². The Labute approximate surface area is 97.6 Å². The Kier molecular flexibility index (Phi) is 9.27. The highest BCUT2D eigenvalue weighted by molar-refractivity contribution is 5.30. The molecule has 0 aliphatic carbocycles. The predicted octanol–water partition coefficient (Wildman–Crippen LogP) is 2.11. The van der Waals surface area contributed by atoms with E-state index in [4.69, 9.17) is 10.2 Å². The minimum atomic E-state index is -0.125. The fraction of sp³-hybridized carbons (Fsp3) is 0.286. The van der Waals surface area contributed by atoms with Crippen molar-refractivity contribution in [2.24, 2.45) is 0 Å². The number of rotatable bonds is 5. The lowest BCUT2D eigenvalue weighted by molar-refractivity contribution is 0.186. The third kappa shape index (κ3) is 6.17. The maximum absolute atomic E-state index is 7.62. The zero-order valence-corrected chi connectivity index (χ0v) is 9.60. The van der Waals surface area contributed by atoms with Crippen molar-refractivity contribution < 1.29 is 10.2 Å². The average molecular weight is 220 g/mol. The van der Waals surface area contributed by atoms with E-state index in [1.54, 1.807) is 0 Å². The average Bonchev–Trinajstić information content (AvgIpc) is 2.33. The van der Waals surface area contributed by atoms with Crippen LogP contribution in [0.15, 0.2) is 49.6 Å². The molecule has 0 saturated heterocycles. The summed E-state index contributed by atoms with van der Waals surface area (Å²) in [5.41, 5.74) is 2.71. The molecule has 88 valence electrons. The minimum Gasteiger partial charge on any atom is -0.394 e. The number of benzene rings is 1. The zero-order valence-electron chi connectivity index (χ0n) is 9.60. The fourth-order valence-corrected chi connectivity index (χ4v) is 1.27. The van der Waals surface area contributed by atoms with Crippen LogP contribution in [0.4, 0.5) is 0 Å². The molecule has 0 fully saturated rings. The van der Waals surface area contributed by atoms with Gasteiger partial charge in [0.1, 0.15) is 0 Å². The van der Waals surface area contributed by atoms with Crippen molar-refractivity contribution >= 4 is 0 Å². The highest BCUT2D eigenvalue weighted by atomic mass is 16.3. The normalized spacial score (nSPS) is 8.88. The van der Waals surface area contributed by atoms with Crippen molar-refractivity contribution in [1.82, 2.24) is 0 Å². The fourth-order valence-electron chi connectivity index (χ4n) is 1.27. The molecule has 0 bridgehead atoms. The van der Waals surface area contributed by atoms with E-state index in [9.17, 15) is 0 Å². The number of aliphatic hydroxyl groups is 2. The molecule has 1 rings (SSSR count). The monoisotopic (exact) mass is 220 g/mol. The molecule has 0 aliphatic heterocycles. The second-order valence-electron chi connectivity index (χ2n) is 3.20. The first-order chi connectivity index (χ1) is 7.79. The highest BCUT2D eigenvalue weighted by Crippen LogP contribution is 2.10. The van der Waals surface area contributed by atoms with Gasteiger partial charge in [-0.05, 0) is 24.0 Å². The minimum absolute atomic E-state index is 0.125. The molecular formula is C14H20O2. The zero-order chi connectivity index (χ0) is 12.2. The lowest BCUT2D eigenvalue weighted by Crippen LogP contribution is -1.89. The standard InChI is InChI=1S/C12H14.C2H6O2/c1-3-7-11-9-5-6-10-12(11)8-4-2;3-1-2-4/h3-6,9-10H,1-2,7-8H2;3-4H,1-2H2. The molecule has 0 aromatic heterocycles. The van der Waals surface area contributed by atoms with Gasteiger partial charge in [-0.15, -0.1) is 13.2 Å². The molecule has 1 aromatic rings. The summed E-state index contributed by atoms with van der Waals surface area (Å²) >= 11 is 0. The molecule has 16 heavy (non-hydrogen) atoms. The van der Waals surface area contributed by atoms with Crippen LogP contribution in [0.2, 0.25) is 0 Å². The second-order valence-corrected chi connectivity index (χ2v) is 3.20. The maximum atomic E-state index is 7.62. The van der Waals surface area contributed by atoms with Gasteiger partial charge in [0.25, 0.3) is 0 Å². The van der Waals surface area contributed by atoms with Crippen LogP contribution in [-0.2, 0) is 12.8 Å². The van der Waals surface area contributed by atoms with E-state index in [1.165, 1.54) is 11.1 Å². The molecule has 0 aliphatic rings. The second kappa shape index (κ2) is 10.1. The largest absolute Gasteiger partial charge is 0.394 e. The van der Waals surface area contributed by atoms with Crippen LogP contribution in [0.5, 0.6) is 0 Å². The van der Waals surface area contributed by atoms with Gasteiger partial charge in [-0.3, -0.25) is 0 Å². The van der Waals surface area contributed by atoms with Crippen molar-refractivity contribution in [2.45, 2.75) is 12.8 Å². The molecule has 0 unspecified atom stereocenters. The molecule has 0 heterocycles. The Morgan fingerprint density at radius 2 is 1.25 bits per heavy atom. The van der Waals surface area contributed by atoms with E-state index in [1.807, 2.05) is 12.2 Å². The van der Waals surface area contributed by atoms with Crippen molar-refractivity contribution in [3.8, 4) is 0 Å². The van der Waals surface area contributed by atoms with Gasteiger partial charge < -0.3 is 10.2 Å². The first-order valence-electron chi connectivity index (χ1n) is 5.30. The van der Waals surface area contributed by atoms with Crippen molar-refractivity contribution in [2.75, 3.05) is 13.2 Å². The van der Waals surface area contributed by atoms with E-state index >= 15 is 0 Å². The molecular weight excluding hydrogens is 200 g/mol. The van der Waals surface area contributed by atoms with Gasteiger partial charge in [-0.25, -0.2) is 0 Å². The van der Waals surface area contributed by atoms with Gasteiger partial charge in [0.2, 0.25) is 0 Å². The maximum Gasteiger partial charge on any atom is 0.0662 e. The van der Waals surface area contributed by atoms with Crippen LogP contribution in [0.25, 0.3) is 0 Å². The van der Waals surface area contributed by atoms with Gasteiger partial charge in [0.05, 0.1) is 13.2 Å². The van der Waals surface area contributed by atoms with E-state index in [0.29, 0.717) is 0 Å². The van der Waals surface area contributed by atoms with Gasteiger partial charge in [0.15, 0.2) is 0 Å². The highest BCUT2D eigenvalue weighted by Gasteiger charge is 1.96. The van der Waals surface area contributed by atoms with Crippen LogP contribution < -0.4 is 0 Å². The third-order valence-electron chi connectivity index (χ3n) is 1.95.